The minimum absolute atomic E-state index is 0.126. The molecule has 0 amide bonds. The van der Waals surface area contributed by atoms with Gasteiger partial charge in [0.25, 0.3) is 5.56 Å². The Morgan fingerprint density at radius 2 is 1.46 bits per heavy atom. The molecule has 0 bridgehead atoms. The highest BCUT2D eigenvalue weighted by Crippen LogP contribution is 2.31. The first kappa shape index (κ1) is 23.6. The third-order valence-corrected chi connectivity index (χ3v) is 7.30. The molecule has 0 aliphatic rings. The van der Waals surface area contributed by atoms with Crippen LogP contribution in [0, 0.1) is 0 Å². The molecule has 0 saturated heterocycles. The van der Waals surface area contributed by atoms with Crippen LogP contribution in [0.25, 0.3) is 33.9 Å². The van der Waals surface area contributed by atoms with E-state index in [1.165, 1.54) is 23.0 Å². The molecule has 0 fully saturated rings. The van der Waals surface area contributed by atoms with Crippen LogP contribution in [0.1, 0.15) is 0 Å². The predicted molar refractivity (Wildman–Crippen MR) is 138 cm³/mol. The minimum atomic E-state index is -3.36. The van der Waals surface area contributed by atoms with Crippen LogP contribution in [0.2, 0.25) is 15.1 Å². The zero-order chi connectivity index (χ0) is 24.9. The molecule has 35 heavy (non-hydrogen) atoms. The number of rotatable bonds is 4. The SMILES string of the molecule is CS(=O)(=O)c1ccc(-n2cnc3c(=O)n(-c4ccc(Cl)cc4)c(-c4ccc(Cl)cc4Cl)nc32)cc1. The average Bonchev–Trinajstić information content (AvgIpc) is 3.24. The lowest BCUT2D eigenvalue weighted by atomic mass is 10.2. The van der Waals surface area contributed by atoms with Gasteiger partial charge in [-0.05, 0) is 66.7 Å². The molecule has 2 heterocycles. The normalized spacial score (nSPS) is 11.8. The molecular formula is C24H15Cl3N4O3S. The minimum Gasteiger partial charge on any atom is -0.283 e. The molecule has 5 aromatic rings. The Bertz CT molecular complexity index is 1760. The van der Waals surface area contributed by atoms with Gasteiger partial charge in [0.1, 0.15) is 6.33 Å². The molecule has 0 N–H and O–H groups in total. The number of fused-ring (bicyclic) bond motifs is 1. The molecule has 0 aliphatic carbocycles. The van der Waals surface area contributed by atoms with Gasteiger partial charge < -0.3 is 0 Å². The molecule has 2 aromatic heterocycles. The Morgan fingerprint density at radius 1 is 0.829 bits per heavy atom. The zero-order valence-electron chi connectivity index (χ0n) is 18.0. The van der Waals surface area contributed by atoms with Crippen molar-refractivity contribution in [1.29, 1.82) is 0 Å². The van der Waals surface area contributed by atoms with Gasteiger partial charge in [0, 0.05) is 27.6 Å². The lowest BCUT2D eigenvalue weighted by Crippen LogP contribution is -2.22. The highest BCUT2D eigenvalue weighted by molar-refractivity contribution is 7.90. The van der Waals surface area contributed by atoms with Crippen LogP contribution in [0.4, 0.5) is 0 Å². The van der Waals surface area contributed by atoms with Gasteiger partial charge in [0.15, 0.2) is 26.8 Å². The summed E-state index contributed by atoms with van der Waals surface area (Å²) in [6.07, 6.45) is 2.60. The van der Waals surface area contributed by atoms with Crippen LogP contribution in [0.15, 0.2) is 82.7 Å². The van der Waals surface area contributed by atoms with Gasteiger partial charge >= 0.3 is 0 Å². The molecule has 0 saturated carbocycles. The summed E-state index contributed by atoms with van der Waals surface area (Å²) in [4.78, 5) is 23.0. The predicted octanol–water partition coefficient (Wildman–Crippen LogP) is 5.60. The van der Waals surface area contributed by atoms with Gasteiger partial charge in [-0.25, -0.2) is 18.4 Å². The van der Waals surface area contributed by atoms with Crippen LogP contribution in [0.5, 0.6) is 0 Å². The van der Waals surface area contributed by atoms with Gasteiger partial charge in [-0.1, -0.05) is 34.8 Å². The fourth-order valence-corrected chi connectivity index (χ4v) is 4.93. The molecule has 3 aromatic carbocycles. The van der Waals surface area contributed by atoms with Gasteiger partial charge in [0.2, 0.25) is 0 Å². The standard InChI is InChI=1S/C24H15Cl3N4O3S/c1-35(33,34)18-9-7-16(8-10-18)30-13-28-21-23(30)29-22(19-11-4-15(26)12-20(19)27)31(24(21)32)17-5-2-14(25)3-6-17/h2-13H,1H3. The number of halogens is 3. The zero-order valence-corrected chi connectivity index (χ0v) is 21.1. The van der Waals surface area contributed by atoms with Crippen molar-refractivity contribution >= 4 is 55.8 Å². The lowest BCUT2D eigenvalue weighted by Gasteiger charge is -2.14. The highest BCUT2D eigenvalue weighted by atomic mass is 35.5. The summed E-state index contributed by atoms with van der Waals surface area (Å²) in [6.45, 7) is 0. The first-order chi connectivity index (χ1) is 16.6. The molecule has 7 nitrogen and oxygen atoms in total. The second-order valence-electron chi connectivity index (χ2n) is 7.73. The Labute approximate surface area is 215 Å². The number of nitrogens with zero attached hydrogens (tertiary/aromatic N) is 4. The number of imidazole rings is 1. The summed E-state index contributed by atoms with van der Waals surface area (Å²) >= 11 is 18.6. The van der Waals surface area contributed by atoms with Gasteiger partial charge in [-0.3, -0.25) is 13.9 Å². The monoisotopic (exact) mass is 544 g/mol. The average molecular weight is 546 g/mol. The Hall–Kier alpha value is -3.17. The van der Waals surface area contributed by atoms with Crippen molar-refractivity contribution in [2.45, 2.75) is 4.90 Å². The molecule has 0 atom stereocenters. The van der Waals surface area contributed by atoms with E-state index < -0.39 is 15.4 Å². The molecule has 0 aliphatic heterocycles. The number of benzene rings is 3. The summed E-state index contributed by atoms with van der Waals surface area (Å²) in [6, 6.07) is 17.9. The van der Waals surface area contributed by atoms with Crippen molar-refractivity contribution in [2.24, 2.45) is 0 Å². The maximum atomic E-state index is 13.7. The number of sulfone groups is 1. The molecule has 176 valence electrons. The maximum absolute atomic E-state index is 13.7. The fourth-order valence-electron chi connectivity index (χ4n) is 3.68. The smallest absolute Gasteiger partial charge is 0.283 e. The summed E-state index contributed by atoms with van der Waals surface area (Å²) in [5.41, 5.74) is 1.61. The van der Waals surface area contributed by atoms with Crippen LogP contribution < -0.4 is 5.56 Å². The summed E-state index contributed by atoms with van der Waals surface area (Å²) in [7, 11) is -3.36. The van der Waals surface area contributed by atoms with Gasteiger partial charge in [-0.15, -0.1) is 0 Å². The van der Waals surface area contributed by atoms with E-state index in [0.29, 0.717) is 32.0 Å². The third kappa shape index (κ3) is 4.34. The van der Waals surface area contributed by atoms with E-state index in [9.17, 15) is 13.2 Å². The van der Waals surface area contributed by atoms with E-state index >= 15 is 0 Å². The molecule has 0 unspecified atom stereocenters. The molecule has 0 radical (unpaired) electrons. The second-order valence-corrected chi connectivity index (χ2v) is 11.0. The topological polar surface area (TPSA) is 86.9 Å². The van der Waals surface area contributed by atoms with E-state index in [2.05, 4.69) is 4.98 Å². The van der Waals surface area contributed by atoms with E-state index in [0.717, 1.165) is 6.26 Å². The quantitative estimate of drug-likeness (QED) is 0.293. The largest absolute Gasteiger partial charge is 0.286 e. The Kier molecular flexibility index (Phi) is 5.93. The maximum Gasteiger partial charge on any atom is 0.286 e. The van der Waals surface area contributed by atoms with Gasteiger partial charge in [-0.2, -0.15) is 0 Å². The second kappa shape index (κ2) is 8.80. The summed E-state index contributed by atoms with van der Waals surface area (Å²) in [5, 5.41) is 1.27. The lowest BCUT2D eigenvalue weighted by molar-refractivity contribution is 0.602. The van der Waals surface area contributed by atoms with Crippen molar-refractivity contribution in [3.63, 3.8) is 0 Å². The van der Waals surface area contributed by atoms with Crippen LogP contribution in [-0.4, -0.2) is 33.8 Å². The van der Waals surface area contributed by atoms with E-state index in [4.69, 9.17) is 39.8 Å². The number of aromatic nitrogens is 4. The van der Waals surface area contributed by atoms with E-state index in [-0.39, 0.29) is 21.9 Å². The van der Waals surface area contributed by atoms with Crippen molar-refractivity contribution in [3.05, 3.63) is 98.5 Å². The molecule has 11 heteroatoms. The Morgan fingerprint density at radius 3 is 2.09 bits per heavy atom. The van der Waals surface area contributed by atoms with Crippen molar-refractivity contribution in [1.82, 2.24) is 19.1 Å². The summed E-state index contributed by atoms with van der Waals surface area (Å²) in [5.74, 6) is 0.279. The first-order valence-electron chi connectivity index (χ1n) is 10.2. The molecular weight excluding hydrogens is 531 g/mol. The fraction of sp³-hybridized carbons (Fsp3) is 0.0417. The van der Waals surface area contributed by atoms with Crippen LogP contribution in [-0.2, 0) is 9.84 Å². The van der Waals surface area contributed by atoms with E-state index in [1.807, 2.05) is 0 Å². The first-order valence-corrected chi connectivity index (χ1v) is 13.2. The van der Waals surface area contributed by atoms with Crippen LogP contribution >= 0.6 is 34.8 Å². The van der Waals surface area contributed by atoms with Crippen molar-refractivity contribution < 1.29 is 8.42 Å². The Balaban J connectivity index is 1.80. The number of hydrogen-bond donors (Lipinski definition) is 0. The molecule has 5 rings (SSSR count). The van der Waals surface area contributed by atoms with Crippen LogP contribution in [0.3, 0.4) is 0 Å². The van der Waals surface area contributed by atoms with E-state index in [1.54, 1.807) is 59.2 Å². The highest BCUT2D eigenvalue weighted by Gasteiger charge is 2.20. The van der Waals surface area contributed by atoms with Gasteiger partial charge in [0.05, 0.1) is 15.6 Å². The summed E-state index contributed by atoms with van der Waals surface area (Å²) < 4.78 is 26.7. The molecule has 0 spiro atoms. The van der Waals surface area contributed by atoms with Crippen molar-refractivity contribution in [3.8, 4) is 22.8 Å². The van der Waals surface area contributed by atoms with Crippen molar-refractivity contribution in [2.75, 3.05) is 6.26 Å². The third-order valence-electron chi connectivity index (χ3n) is 5.37. The number of hydrogen-bond acceptors (Lipinski definition) is 5.